The van der Waals surface area contributed by atoms with Gasteiger partial charge in [-0.05, 0) is 49.7 Å². The first-order valence-corrected chi connectivity index (χ1v) is 9.81. The van der Waals surface area contributed by atoms with Crippen molar-refractivity contribution in [1.82, 2.24) is 20.4 Å². The van der Waals surface area contributed by atoms with E-state index < -0.39 is 0 Å². The Bertz CT molecular complexity index is 1060. The molecule has 1 atom stereocenters. The Kier molecular flexibility index (Phi) is 5.57. The molecule has 1 aliphatic rings. The zero-order chi connectivity index (χ0) is 20.2. The number of aromatic nitrogens is 2. The van der Waals surface area contributed by atoms with Crippen LogP contribution in [0.1, 0.15) is 34.9 Å². The van der Waals surface area contributed by atoms with E-state index in [1.807, 2.05) is 24.3 Å². The van der Waals surface area contributed by atoms with E-state index in [4.69, 9.17) is 4.74 Å². The summed E-state index contributed by atoms with van der Waals surface area (Å²) >= 11 is 0. The largest absolute Gasteiger partial charge is 0.497 e. The van der Waals surface area contributed by atoms with Crippen molar-refractivity contribution in [2.45, 2.75) is 18.9 Å². The standard InChI is InChI=1S/C22H24N4O3/c1-29-16-10-8-15(9-11-16)19(26-12-4-5-13-26)14-23-22(28)20-17-6-2-3-7-18(17)21(27)25-24-20/h2-3,6-11,19H,4-5,12-14H2,1H3,(H,23,28)(H,25,27)/t19-/m0/s1. The maximum atomic E-state index is 12.9. The lowest BCUT2D eigenvalue weighted by Gasteiger charge is -2.28. The highest BCUT2D eigenvalue weighted by molar-refractivity contribution is 6.04. The third-order valence-corrected chi connectivity index (χ3v) is 5.45. The SMILES string of the molecule is COc1ccc([C@H](CNC(=O)c2n[nH]c(=O)c3ccccc23)N2CCCC2)cc1. The molecule has 0 bridgehead atoms. The highest BCUT2D eigenvalue weighted by Crippen LogP contribution is 2.26. The van der Waals surface area contributed by atoms with Gasteiger partial charge in [-0.3, -0.25) is 14.5 Å². The molecule has 1 amide bonds. The van der Waals surface area contributed by atoms with Gasteiger partial charge in [0.1, 0.15) is 5.75 Å². The van der Waals surface area contributed by atoms with E-state index in [9.17, 15) is 9.59 Å². The van der Waals surface area contributed by atoms with E-state index in [0.717, 1.165) is 37.2 Å². The Morgan fingerprint density at radius 1 is 1.14 bits per heavy atom. The quantitative estimate of drug-likeness (QED) is 0.673. The van der Waals surface area contributed by atoms with Gasteiger partial charge < -0.3 is 10.1 Å². The Labute approximate surface area is 168 Å². The second-order valence-electron chi connectivity index (χ2n) is 7.19. The van der Waals surface area contributed by atoms with Gasteiger partial charge >= 0.3 is 0 Å². The Hall–Kier alpha value is -3.19. The van der Waals surface area contributed by atoms with E-state index in [-0.39, 0.29) is 23.2 Å². The van der Waals surface area contributed by atoms with Crippen molar-refractivity contribution in [2.75, 3.05) is 26.7 Å². The van der Waals surface area contributed by atoms with Gasteiger partial charge in [0.15, 0.2) is 5.69 Å². The monoisotopic (exact) mass is 392 g/mol. The summed E-state index contributed by atoms with van der Waals surface area (Å²) in [7, 11) is 1.65. The fourth-order valence-corrected chi connectivity index (χ4v) is 3.90. The molecule has 0 radical (unpaired) electrons. The Balaban J connectivity index is 1.56. The van der Waals surface area contributed by atoms with Crippen LogP contribution >= 0.6 is 0 Å². The molecule has 1 fully saturated rings. The number of fused-ring (bicyclic) bond motifs is 1. The molecule has 29 heavy (non-hydrogen) atoms. The molecule has 0 unspecified atom stereocenters. The van der Waals surface area contributed by atoms with Crippen molar-refractivity contribution in [3.63, 3.8) is 0 Å². The molecule has 7 nitrogen and oxygen atoms in total. The number of H-pyrrole nitrogens is 1. The molecular formula is C22H24N4O3. The Morgan fingerprint density at radius 3 is 2.52 bits per heavy atom. The van der Waals surface area contributed by atoms with Gasteiger partial charge in [0.25, 0.3) is 11.5 Å². The van der Waals surface area contributed by atoms with Gasteiger partial charge in [-0.1, -0.05) is 30.3 Å². The van der Waals surface area contributed by atoms with E-state index in [1.165, 1.54) is 0 Å². The van der Waals surface area contributed by atoms with Gasteiger partial charge in [0.05, 0.1) is 18.5 Å². The van der Waals surface area contributed by atoms with E-state index in [1.54, 1.807) is 31.4 Å². The predicted molar refractivity (Wildman–Crippen MR) is 111 cm³/mol. The summed E-state index contributed by atoms with van der Waals surface area (Å²) in [4.78, 5) is 27.2. The lowest BCUT2D eigenvalue weighted by Crippen LogP contribution is -2.37. The molecule has 4 rings (SSSR count). The van der Waals surface area contributed by atoms with Crippen LogP contribution in [0, 0.1) is 0 Å². The van der Waals surface area contributed by atoms with Gasteiger partial charge in [0, 0.05) is 11.9 Å². The molecule has 150 valence electrons. The number of rotatable bonds is 6. The van der Waals surface area contributed by atoms with Crippen LogP contribution in [-0.2, 0) is 0 Å². The molecule has 2 N–H and O–H groups in total. The van der Waals surface area contributed by atoms with Crippen molar-refractivity contribution in [2.24, 2.45) is 0 Å². The van der Waals surface area contributed by atoms with Crippen molar-refractivity contribution in [3.05, 3.63) is 70.1 Å². The molecule has 0 spiro atoms. The number of nitrogens with zero attached hydrogens (tertiary/aromatic N) is 2. The first kappa shape index (κ1) is 19.1. The van der Waals surface area contributed by atoms with Crippen LogP contribution in [0.15, 0.2) is 53.3 Å². The molecule has 3 aromatic rings. The fraction of sp³-hybridized carbons (Fsp3) is 0.318. The molecule has 1 saturated heterocycles. The zero-order valence-electron chi connectivity index (χ0n) is 16.4. The molecular weight excluding hydrogens is 368 g/mol. The number of hydrogen-bond acceptors (Lipinski definition) is 5. The normalized spacial score (nSPS) is 15.3. The number of benzene rings is 2. The summed E-state index contributed by atoms with van der Waals surface area (Å²) < 4.78 is 5.26. The van der Waals surface area contributed by atoms with Gasteiger partial charge in [0.2, 0.25) is 0 Å². The number of aromatic amines is 1. The summed E-state index contributed by atoms with van der Waals surface area (Å²) in [6.45, 7) is 2.47. The number of methoxy groups -OCH3 is 1. The number of carbonyl (C=O) groups excluding carboxylic acids is 1. The third-order valence-electron chi connectivity index (χ3n) is 5.45. The van der Waals surface area contributed by atoms with Gasteiger partial charge in [-0.25, -0.2) is 5.10 Å². The number of nitrogens with one attached hydrogen (secondary N) is 2. The molecule has 2 heterocycles. The smallest absolute Gasteiger partial charge is 0.272 e. The van der Waals surface area contributed by atoms with Crippen LogP contribution in [0.2, 0.25) is 0 Å². The minimum absolute atomic E-state index is 0.0707. The van der Waals surface area contributed by atoms with Gasteiger partial charge in [-0.15, -0.1) is 0 Å². The third kappa shape index (κ3) is 4.00. The minimum atomic E-state index is -0.301. The van der Waals surface area contributed by atoms with Crippen LogP contribution in [0.25, 0.3) is 10.8 Å². The summed E-state index contributed by atoms with van der Waals surface area (Å²) in [6.07, 6.45) is 2.32. The van der Waals surface area contributed by atoms with E-state index in [0.29, 0.717) is 17.3 Å². The minimum Gasteiger partial charge on any atom is -0.497 e. The van der Waals surface area contributed by atoms with Crippen LogP contribution in [0.4, 0.5) is 0 Å². The lowest BCUT2D eigenvalue weighted by atomic mass is 10.0. The van der Waals surface area contributed by atoms with Crippen LogP contribution in [0.3, 0.4) is 0 Å². The number of likely N-dealkylation sites (tertiary alicyclic amines) is 1. The average molecular weight is 392 g/mol. The van der Waals surface area contributed by atoms with Gasteiger partial charge in [-0.2, -0.15) is 5.10 Å². The molecule has 0 saturated carbocycles. The summed E-state index contributed by atoms with van der Waals surface area (Å²) in [5.41, 5.74) is 1.06. The van der Waals surface area contributed by atoms with Crippen LogP contribution < -0.4 is 15.6 Å². The first-order valence-electron chi connectivity index (χ1n) is 9.81. The van der Waals surface area contributed by atoms with Crippen molar-refractivity contribution < 1.29 is 9.53 Å². The highest BCUT2D eigenvalue weighted by Gasteiger charge is 2.25. The summed E-state index contributed by atoms with van der Waals surface area (Å²) in [5.74, 6) is 0.511. The number of amides is 1. The van der Waals surface area contributed by atoms with Crippen molar-refractivity contribution >= 4 is 16.7 Å². The molecule has 1 aliphatic heterocycles. The van der Waals surface area contributed by atoms with E-state index >= 15 is 0 Å². The first-order chi connectivity index (χ1) is 14.2. The number of hydrogen-bond donors (Lipinski definition) is 2. The highest BCUT2D eigenvalue weighted by atomic mass is 16.5. The molecule has 7 heteroatoms. The van der Waals surface area contributed by atoms with Crippen LogP contribution in [0.5, 0.6) is 5.75 Å². The zero-order valence-corrected chi connectivity index (χ0v) is 16.4. The van der Waals surface area contributed by atoms with Crippen molar-refractivity contribution in [1.29, 1.82) is 0 Å². The fourth-order valence-electron chi connectivity index (χ4n) is 3.90. The lowest BCUT2D eigenvalue weighted by molar-refractivity contribution is 0.0933. The summed E-state index contributed by atoms with van der Waals surface area (Å²) in [6, 6.07) is 15.0. The summed E-state index contributed by atoms with van der Waals surface area (Å²) in [5, 5.41) is 10.4. The maximum absolute atomic E-state index is 12.9. The molecule has 2 aromatic carbocycles. The average Bonchev–Trinajstić information content (AvgIpc) is 3.29. The molecule has 0 aliphatic carbocycles. The van der Waals surface area contributed by atoms with E-state index in [2.05, 4.69) is 20.4 Å². The predicted octanol–water partition coefficient (Wildman–Crippen LogP) is 2.50. The Morgan fingerprint density at radius 2 is 1.83 bits per heavy atom. The number of ether oxygens (including phenoxy) is 1. The maximum Gasteiger partial charge on any atom is 0.272 e. The molecule has 1 aromatic heterocycles. The second kappa shape index (κ2) is 8.45. The second-order valence-corrected chi connectivity index (χ2v) is 7.19. The topological polar surface area (TPSA) is 87.3 Å². The van der Waals surface area contributed by atoms with Crippen LogP contribution in [-0.4, -0.2) is 47.7 Å². The number of carbonyl (C=O) groups is 1. The van der Waals surface area contributed by atoms with Crippen molar-refractivity contribution in [3.8, 4) is 5.75 Å².